The van der Waals surface area contributed by atoms with E-state index in [9.17, 15) is 0 Å². The lowest BCUT2D eigenvalue weighted by Crippen LogP contribution is -2.33. The zero-order valence-electron chi connectivity index (χ0n) is 7.90. The van der Waals surface area contributed by atoms with Crippen molar-refractivity contribution in [2.24, 2.45) is 11.8 Å². The Labute approximate surface area is 79.3 Å². The Morgan fingerprint density at radius 2 is 2.08 bits per heavy atom. The van der Waals surface area contributed by atoms with Gasteiger partial charge in [0.05, 0.1) is 0 Å². The highest BCUT2D eigenvalue weighted by molar-refractivity contribution is 5.59. The van der Waals surface area contributed by atoms with Crippen LogP contribution in [0.15, 0.2) is 30.3 Å². The van der Waals surface area contributed by atoms with Crippen LogP contribution in [0.25, 0.3) is 6.08 Å². The first kappa shape index (κ1) is 7.37. The predicted octanol–water partition coefficient (Wildman–Crippen LogP) is 3.45. The van der Waals surface area contributed by atoms with Gasteiger partial charge in [-0.3, -0.25) is 0 Å². The smallest absolute Gasteiger partial charge is 0.00877 e. The van der Waals surface area contributed by atoms with Gasteiger partial charge in [-0.15, -0.1) is 0 Å². The van der Waals surface area contributed by atoms with E-state index in [4.69, 9.17) is 0 Å². The summed E-state index contributed by atoms with van der Waals surface area (Å²) in [5.74, 6) is 2.56. The van der Waals surface area contributed by atoms with Gasteiger partial charge in [-0.1, -0.05) is 43.3 Å². The summed E-state index contributed by atoms with van der Waals surface area (Å²) in [7, 11) is 0. The fourth-order valence-corrected chi connectivity index (χ4v) is 2.79. The van der Waals surface area contributed by atoms with Gasteiger partial charge >= 0.3 is 0 Å². The van der Waals surface area contributed by atoms with Crippen molar-refractivity contribution in [3.05, 3.63) is 41.5 Å². The summed E-state index contributed by atoms with van der Waals surface area (Å²) in [5.41, 5.74) is 3.02. The van der Waals surface area contributed by atoms with E-state index >= 15 is 0 Å². The van der Waals surface area contributed by atoms with Crippen LogP contribution in [0.1, 0.15) is 30.4 Å². The third kappa shape index (κ3) is 0.918. The van der Waals surface area contributed by atoms with Crippen LogP contribution in [0.5, 0.6) is 0 Å². The molecule has 0 heteroatoms. The Bertz CT molecular complexity index is 362. The normalized spacial score (nSPS) is 34.7. The maximum atomic E-state index is 2.40. The van der Waals surface area contributed by atoms with E-state index in [1.807, 2.05) is 0 Å². The molecule has 1 aromatic carbocycles. The van der Waals surface area contributed by atoms with Gasteiger partial charge in [-0.05, 0) is 35.3 Å². The van der Waals surface area contributed by atoms with Crippen LogP contribution in [0.2, 0.25) is 0 Å². The maximum Gasteiger partial charge on any atom is -0.00877 e. The number of hydrogen-bond acceptors (Lipinski definition) is 0. The molecule has 0 unspecified atom stereocenters. The van der Waals surface area contributed by atoms with E-state index in [1.165, 1.54) is 12.0 Å². The van der Waals surface area contributed by atoms with Crippen LogP contribution < -0.4 is 0 Å². The summed E-state index contributed by atoms with van der Waals surface area (Å²) in [6, 6.07) is 8.82. The molecule has 3 rings (SSSR count). The molecule has 0 bridgehead atoms. The average molecular weight is 170 g/mol. The van der Waals surface area contributed by atoms with E-state index in [0.717, 1.165) is 17.8 Å². The van der Waals surface area contributed by atoms with E-state index in [-0.39, 0.29) is 0 Å². The molecule has 0 heterocycles. The lowest BCUT2D eigenvalue weighted by Gasteiger charge is -2.44. The number of fused-ring (bicyclic) bond motifs is 3. The molecule has 2 aliphatic rings. The van der Waals surface area contributed by atoms with Crippen molar-refractivity contribution in [1.82, 2.24) is 0 Å². The number of hydrogen-bond donors (Lipinski definition) is 0. The fourth-order valence-electron chi connectivity index (χ4n) is 2.79. The van der Waals surface area contributed by atoms with Gasteiger partial charge in [0.15, 0.2) is 0 Å². The minimum absolute atomic E-state index is 0.829. The van der Waals surface area contributed by atoms with Gasteiger partial charge in [0, 0.05) is 0 Å². The minimum atomic E-state index is 0.829. The highest BCUT2D eigenvalue weighted by Gasteiger charge is 2.39. The van der Waals surface area contributed by atoms with Crippen LogP contribution in [-0.2, 0) is 0 Å². The summed E-state index contributed by atoms with van der Waals surface area (Å²) in [6.45, 7) is 2.36. The molecular formula is C13H14. The zero-order chi connectivity index (χ0) is 8.84. The Morgan fingerprint density at radius 3 is 2.92 bits per heavy atom. The summed E-state index contributed by atoms with van der Waals surface area (Å²) in [5, 5.41) is 0. The third-order valence-corrected chi connectivity index (χ3v) is 3.64. The first-order valence-electron chi connectivity index (χ1n) is 5.13. The lowest BCUT2D eigenvalue weighted by atomic mass is 9.60. The Hall–Kier alpha value is -1.04. The molecule has 1 aromatic rings. The topological polar surface area (TPSA) is 0 Å². The molecule has 0 nitrogen and oxygen atoms in total. The van der Waals surface area contributed by atoms with Crippen molar-refractivity contribution in [3.63, 3.8) is 0 Å². The molecule has 0 aliphatic heterocycles. The monoisotopic (exact) mass is 170 g/mol. The van der Waals surface area contributed by atoms with E-state index in [0.29, 0.717) is 0 Å². The van der Waals surface area contributed by atoms with Crippen molar-refractivity contribution < 1.29 is 0 Å². The van der Waals surface area contributed by atoms with Crippen molar-refractivity contribution in [1.29, 1.82) is 0 Å². The van der Waals surface area contributed by atoms with Crippen molar-refractivity contribution in [2.45, 2.75) is 19.3 Å². The number of rotatable bonds is 0. The highest BCUT2D eigenvalue weighted by Crippen LogP contribution is 2.51. The highest BCUT2D eigenvalue weighted by atomic mass is 14.4. The van der Waals surface area contributed by atoms with Gasteiger partial charge in [-0.25, -0.2) is 0 Å². The molecule has 1 saturated carbocycles. The third-order valence-electron chi connectivity index (χ3n) is 3.64. The molecule has 0 N–H and O–H groups in total. The number of allylic oxidation sites excluding steroid dienone is 1. The molecule has 66 valence electrons. The summed E-state index contributed by atoms with van der Waals surface area (Å²) >= 11 is 0. The van der Waals surface area contributed by atoms with E-state index in [1.54, 1.807) is 5.56 Å². The standard InChI is InChI=1S/C13H14/c1-9-8-13-11(9)7-6-10-4-2-3-5-12(10)13/h2-7,9,11,13H,8H2,1H3/t9-,11+,13-/m0/s1. The molecule has 1 fully saturated rings. The maximum absolute atomic E-state index is 2.40. The quantitative estimate of drug-likeness (QED) is 0.559. The Morgan fingerprint density at radius 1 is 1.23 bits per heavy atom. The molecule has 0 aromatic heterocycles. The largest absolute Gasteiger partial charge is 0.0799 e. The fraction of sp³-hybridized carbons (Fsp3) is 0.385. The molecule has 0 amide bonds. The first-order valence-corrected chi connectivity index (χ1v) is 5.13. The molecule has 0 radical (unpaired) electrons. The molecule has 13 heavy (non-hydrogen) atoms. The zero-order valence-corrected chi connectivity index (χ0v) is 7.90. The molecule has 0 saturated heterocycles. The minimum Gasteiger partial charge on any atom is -0.0799 e. The SMILES string of the molecule is C[C@H]1C[C@@H]2c3ccccc3C=C[C@@H]21. The Balaban J connectivity index is 2.08. The van der Waals surface area contributed by atoms with Gasteiger partial charge in [0.1, 0.15) is 0 Å². The summed E-state index contributed by atoms with van der Waals surface area (Å²) in [6.07, 6.45) is 6.08. The van der Waals surface area contributed by atoms with Gasteiger partial charge in [0.2, 0.25) is 0 Å². The molecule has 2 aliphatic carbocycles. The Kier molecular flexibility index (Phi) is 1.40. The van der Waals surface area contributed by atoms with Crippen LogP contribution in [0, 0.1) is 11.8 Å². The number of benzene rings is 1. The van der Waals surface area contributed by atoms with E-state index in [2.05, 4.69) is 43.3 Å². The van der Waals surface area contributed by atoms with Crippen LogP contribution in [-0.4, -0.2) is 0 Å². The molecule has 3 atom stereocenters. The van der Waals surface area contributed by atoms with Crippen LogP contribution in [0.4, 0.5) is 0 Å². The van der Waals surface area contributed by atoms with Crippen LogP contribution in [0.3, 0.4) is 0 Å². The van der Waals surface area contributed by atoms with Crippen LogP contribution >= 0.6 is 0 Å². The van der Waals surface area contributed by atoms with Crippen molar-refractivity contribution >= 4 is 6.08 Å². The first-order chi connectivity index (χ1) is 6.36. The van der Waals surface area contributed by atoms with E-state index < -0.39 is 0 Å². The average Bonchev–Trinajstić information content (AvgIpc) is 2.16. The second-order valence-electron chi connectivity index (χ2n) is 4.38. The lowest BCUT2D eigenvalue weighted by molar-refractivity contribution is 0.197. The second-order valence-corrected chi connectivity index (χ2v) is 4.38. The van der Waals surface area contributed by atoms with Gasteiger partial charge in [-0.2, -0.15) is 0 Å². The van der Waals surface area contributed by atoms with Gasteiger partial charge < -0.3 is 0 Å². The predicted molar refractivity (Wildman–Crippen MR) is 55.5 cm³/mol. The van der Waals surface area contributed by atoms with Crippen molar-refractivity contribution in [3.8, 4) is 0 Å². The summed E-state index contributed by atoms with van der Waals surface area (Å²) in [4.78, 5) is 0. The molecular weight excluding hydrogens is 156 g/mol. The van der Waals surface area contributed by atoms with Gasteiger partial charge in [0.25, 0.3) is 0 Å². The van der Waals surface area contributed by atoms with Crippen molar-refractivity contribution in [2.75, 3.05) is 0 Å². The summed E-state index contributed by atoms with van der Waals surface area (Å²) < 4.78 is 0. The molecule has 0 spiro atoms. The second kappa shape index (κ2) is 2.47.